The molecule has 0 saturated carbocycles. The van der Waals surface area contributed by atoms with Crippen LogP contribution >= 0.6 is 11.6 Å². The average molecular weight is 388 g/mol. The number of amides is 1. The van der Waals surface area contributed by atoms with Crippen molar-refractivity contribution < 1.29 is 9.53 Å². The Bertz CT molecular complexity index is 788. The van der Waals surface area contributed by atoms with E-state index in [-0.39, 0.29) is 18.4 Å². The zero-order valence-electron chi connectivity index (χ0n) is 16.1. The smallest absolute Gasteiger partial charge is 0.260 e. The number of benzene rings is 1. The van der Waals surface area contributed by atoms with Gasteiger partial charge in [-0.25, -0.2) is 4.98 Å². The minimum absolute atomic E-state index is 0.0120. The first-order valence-electron chi connectivity index (χ1n) is 9.32. The van der Waals surface area contributed by atoms with E-state index in [1.165, 1.54) is 0 Å². The lowest BCUT2D eigenvalue weighted by Crippen LogP contribution is -2.50. The number of rotatable bonds is 5. The molecule has 27 heavy (non-hydrogen) atoms. The number of nitrogens with zero attached hydrogens (tertiary/aromatic N) is 3. The third-order valence-electron chi connectivity index (χ3n) is 4.87. The van der Waals surface area contributed by atoms with E-state index in [1.807, 2.05) is 42.2 Å². The Morgan fingerprint density at radius 2 is 1.96 bits per heavy atom. The van der Waals surface area contributed by atoms with Crippen LogP contribution in [-0.2, 0) is 4.79 Å². The number of hydrogen-bond acceptors (Lipinski definition) is 4. The number of piperazine rings is 1. The van der Waals surface area contributed by atoms with Crippen molar-refractivity contribution in [3.8, 4) is 5.75 Å². The van der Waals surface area contributed by atoms with Gasteiger partial charge in [0.15, 0.2) is 6.61 Å². The maximum absolute atomic E-state index is 12.6. The van der Waals surface area contributed by atoms with Crippen molar-refractivity contribution in [1.82, 2.24) is 9.88 Å². The molecule has 0 spiro atoms. The summed E-state index contributed by atoms with van der Waals surface area (Å²) >= 11 is 6.24. The number of anilines is 1. The minimum Gasteiger partial charge on any atom is -0.483 e. The fourth-order valence-electron chi connectivity index (χ4n) is 3.20. The first kappa shape index (κ1) is 19.5. The minimum atomic E-state index is 0.0120. The highest BCUT2D eigenvalue weighted by Crippen LogP contribution is 2.32. The topological polar surface area (TPSA) is 45.7 Å². The molecule has 1 saturated heterocycles. The summed E-state index contributed by atoms with van der Waals surface area (Å²) in [4.78, 5) is 21.0. The highest BCUT2D eigenvalue weighted by atomic mass is 35.5. The zero-order chi connectivity index (χ0) is 19.4. The van der Waals surface area contributed by atoms with Crippen LogP contribution < -0.4 is 9.64 Å². The van der Waals surface area contributed by atoms with E-state index in [1.54, 1.807) is 6.20 Å². The lowest BCUT2D eigenvalue weighted by molar-refractivity contribution is -0.133. The molecule has 5 nitrogen and oxygen atoms in total. The third-order valence-corrected chi connectivity index (χ3v) is 5.28. The summed E-state index contributed by atoms with van der Waals surface area (Å²) in [6, 6.07) is 9.74. The van der Waals surface area contributed by atoms with Gasteiger partial charge >= 0.3 is 0 Å². The van der Waals surface area contributed by atoms with Crippen LogP contribution in [0, 0.1) is 6.92 Å². The number of ether oxygens (including phenoxy) is 1. The monoisotopic (exact) mass is 387 g/mol. The molecule has 0 radical (unpaired) electrons. The van der Waals surface area contributed by atoms with Crippen molar-refractivity contribution in [2.24, 2.45) is 0 Å². The van der Waals surface area contributed by atoms with Crippen LogP contribution in [0.3, 0.4) is 0 Å². The summed E-state index contributed by atoms with van der Waals surface area (Å²) < 4.78 is 5.88. The molecule has 1 amide bonds. The van der Waals surface area contributed by atoms with Crippen molar-refractivity contribution in [3.63, 3.8) is 0 Å². The van der Waals surface area contributed by atoms with E-state index >= 15 is 0 Å². The molecular formula is C21H26ClN3O2. The second-order valence-corrected chi connectivity index (χ2v) is 7.55. The van der Waals surface area contributed by atoms with Gasteiger partial charge in [-0.3, -0.25) is 4.79 Å². The Hall–Kier alpha value is -2.27. The summed E-state index contributed by atoms with van der Waals surface area (Å²) in [5, 5.41) is 0.725. The van der Waals surface area contributed by atoms with Crippen molar-refractivity contribution in [1.29, 1.82) is 0 Å². The van der Waals surface area contributed by atoms with Crippen LogP contribution in [0.4, 0.5) is 5.82 Å². The fourth-order valence-corrected chi connectivity index (χ4v) is 3.38. The molecule has 2 aromatic rings. The normalized spacial score (nSPS) is 14.6. The summed E-state index contributed by atoms with van der Waals surface area (Å²) in [6.07, 6.45) is 1.79. The van der Waals surface area contributed by atoms with Gasteiger partial charge in [-0.2, -0.15) is 0 Å². The summed E-state index contributed by atoms with van der Waals surface area (Å²) in [5.41, 5.74) is 1.98. The fraction of sp³-hybridized carbons (Fsp3) is 0.429. The van der Waals surface area contributed by atoms with Crippen LogP contribution in [0.1, 0.15) is 30.9 Å². The van der Waals surface area contributed by atoms with Gasteiger partial charge in [0, 0.05) is 37.4 Å². The standard InChI is InChI=1S/C21H26ClN3O2/c1-15(2)17-13-18(22)16(3)12-19(17)27-14-21(26)25-10-8-24(9-11-25)20-6-4-5-7-23-20/h4-7,12-13,15H,8-11,14H2,1-3H3. The average Bonchev–Trinajstić information content (AvgIpc) is 2.69. The molecule has 0 aliphatic carbocycles. The first-order valence-corrected chi connectivity index (χ1v) is 9.70. The molecule has 6 heteroatoms. The lowest BCUT2D eigenvalue weighted by Gasteiger charge is -2.35. The van der Waals surface area contributed by atoms with Crippen LogP contribution in [0.5, 0.6) is 5.75 Å². The van der Waals surface area contributed by atoms with Crippen LogP contribution in [0.15, 0.2) is 36.5 Å². The molecule has 3 rings (SSSR count). The van der Waals surface area contributed by atoms with Gasteiger partial charge in [0.25, 0.3) is 5.91 Å². The molecule has 2 heterocycles. The molecule has 1 fully saturated rings. The summed E-state index contributed by atoms with van der Waals surface area (Å²) in [6.45, 7) is 9.08. The van der Waals surface area contributed by atoms with E-state index in [0.717, 1.165) is 40.8 Å². The number of carbonyl (C=O) groups excluding carboxylic acids is 1. The number of pyridine rings is 1. The third kappa shape index (κ3) is 4.72. The number of aryl methyl sites for hydroxylation is 1. The SMILES string of the molecule is Cc1cc(OCC(=O)N2CCN(c3ccccn3)CC2)c(C(C)C)cc1Cl. The van der Waals surface area contributed by atoms with E-state index in [9.17, 15) is 4.79 Å². The van der Waals surface area contributed by atoms with E-state index < -0.39 is 0 Å². The number of carbonyl (C=O) groups is 1. The van der Waals surface area contributed by atoms with E-state index in [2.05, 4.69) is 23.7 Å². The number of aromatic nitrogens is 1. The summed E-state index contributed by atoms with van der Waals surface area (Å²) in [7, 11) is 0. The molecule has 1 aliphatic heterocycles. The van der Waals surface area contributed by atoms with Crippen molar-refractivity contribution in [2.45, 2.75) is 26.7 Å². The zero-order valence-corrected chi connectivity index (χ0v) is 16.9. The van der Waals surface area contributed by atoms with Gasteiger partial charge in [0.2, 0.25) is 0 Å². The van der Waals surface area contributed by atoms with Crippen LogP contribution in [-0.4, -0.2) is 48.6 Å². The molecule has 0 bridgehead atoms. The van der Waals surface area contributed by atoms with Crippen LogP contribution in [0.25, 0.3) is 0 Å². The van der Waals surface area contributed by atoms with Crippen molar-refractivity contribution in [2.75, 3.05) is 37.7 Å². The Balaban J connectivity index is 1.57. The highest BCUT2D eigenvalue weighted by molar-refractivity contribution is 6.31. The second kappa shape index (κ2) is 8.61. The van der Waals surface area contributed by atoms with Gasteiger partial charge in [-0.05, 0) is 48.2 Å². The van der Waals surface area contributed by atoms with Gasteiger partial charge in [0.05, 0.1) is 0 Å². The number of hydrogen-bond donors (Lipinski definition) is 0. The molecule has 144 valence electrons. The van der Waals surface area contributed by atoms with Gasteiger partial charge < -0.3 is 14.5 Å². The maximum atomic E-state index is 12.6. The Morgan fingerprint density at radius 3 is 2.59 bits per heavy atom. The predicted octanol–water partition coefficient (Wildman–Crippen LogP) is 3.89. The lowest BCUT2D eigenvalue weighted by atomic mass is 10.0. The molecule has 0 atom stereocenters. The van der Waals surface area contributed by atoms with Gasteiger partial charge in [-0.15, -0.1) is 0 Å². The Labute approximate surface area is 165 Å². The van der Waals surface area contributed by atoms with Gasteiger partial charge in [0.1, 0.15) is 11.6 Å². The molecule has 0 N–H and O–H groups in total. The quantitative estimate of drug-likeness (QED) is 0.780. The molecule has 0 unspecified atom stereocenters. The Morgan fingerprint density at radius 1 is 1.22 bits per heavy atom. The van der Waals surface area contributed by atoms with Crippen LogP contribution in [0.2, 0.25) is 5.02 Å². The molecule has 1 aromatic heterocycles. The Kier molecular flexibility index (Phi) is 6.22. The van der Waals surface area contributed by atoms with Crippen molar-refractivity contribution in [3.05, 3.63) is 52.7 Å². The van der Waals surface area contributed by atoms with E-state index in [4.69, 9.17) is 16.3 Å². The number of halogens is 1. The summed E-state index contributed by atoms with van der Waals surface area (Å²) in [5.74, 6) is 1.99. The molecule has 1 aromatic carbocycles. The second-order valence-electron chi connectivity index (χ2n) is 7.14. The van der Waals surface area contributed by atoms with Crippen molar-refractivity contribution >= 4 is 23.3 Å². The predicted molar refractivity (Wildman–Crippen MR) is 109 cm³/mol. The molecular weight excluding hydrogens is 362 g/mol. The highest BCUT2D eigenvalue weighted by Gasteiger charge is 2.22. The maximum Gasteiger partial charge on any atom is 0.260 e. The largest absolute Gasteiger partial charge is 0.483 e. The first-order chi connectivity index (χ1) is 13.0. The van der Waals surface area contributed by atoms with Gasteiger partial charge in [-0.1, -0.05) is 31.5 Å². The van der Waals surface area contributed by atoms with E-state index in [0.29, 0.717) is 13.1 Å². The molecule has 1 aliphatic rings.